The van der Waals surface area contributed by atoms with E-state index in [2.05, 4.69) is 17.2 Å². The lowest BCUT2D eigenvalue weighted by atomic mass is 9.86. The van der Waals surface area contributed by atoms with Crippen LogP contribution < -0.4 is 10.6 Å². The number of benzene rings is 2. The average Bonchev–Trinajstić information content (AvgIpc) is 2.59. The molecule has 2 aromatic rings. The highest BCUT2D eigenvalue weighted by Crippen LogP contribution is 2.44. The van der Waals surface area contributed by atoms with Gasteiger partial charge in [0.15, 0.2) is 0 Å². The fourth-order valence-electron chi connectivity index (χ4n) is 2.57. The van der Waals surface area contributed by atoms with Crippen LogP contribution in [0.4, 0.5) is 23.7 Å². The Morgan fingerprint density at radius 2 is 1.85 bits per heavy atom. The predicted molar refractivity (Wildman–Crippen MR) is 94.6 cm³/mol. The van der Waals surface area contributed by atoms with Crippen molar-refractivity contribution in [3.63, 3.8) is 0 Å². The van der Waals surface area contributed by atoms with Gasteiger partial charge in [-0.3, -0.25) is 0 Å². The Balaban J connectivity index is 2.08. The monoisotopic (exact) mass is 376 g/mol. The van der Waals surface area contributed by atoms with Crippen LogP contribution in [0.5, 0.6) is 0 Å². The van der Waals surface area contributed by atoms with Crippen LogP contribution in [0.3, 0.4) is 0 Å². The number of fused-ring (bicyclic) bond motifs is 1. The zero-order valence-electron chi connectivity index (χ0n) is 13.2. The fraction of sp³-hybridized carbons (Fsp3) is 0.105. The van der Waals surface area contributed by atoms with Gasteiger partial charge in [-0.1, -0.05) is 53.8 Å². The lowest BCUT2D eigenvalue weighted by molar-refractivity contribution is -0.178. The summed E-state index contributed by atoms with van der Waals surface area (Å²) in [6, 6.07) is 11.9. The molecule has 2 N–H and O–H groups in total. The molecule has 3 rings (SSSR count). The van der Waals surface area contributed by atoms with Gasteiger partial charge in [0.05, 0.1) is 0 Å². The first kappa shape index (κ1) is 17.9. The Bertz CT molecular complexity index is 929. The van der Waals surface area contributed by atoms with Gasteiger partial charge in [-0.25, -0.2) is 4.79 Å². The second kappa shape index (κ2) is 6.77. The molecule has 1 atom stereocenters. The smallest absolute Gasteiger partial charge is 0.310 e. The van der Waals surface area contributed by atoms with E-state index in [-0.39, 0.29) is 16.3 Å². The summed E-state index contributed by atoms with van der Waals surface area (Å²) < 4.78 is 41.8. The quantitative estimate of drug-likeness (QED) is 0.679. The number of amides is 2. The van der Waals surface area contributed by atoms with Crippen molar-refractivity contribution in [2.24, 2.45) is 0 Å². The van der Waals surface area contributed by atoms with Gasteiger partial charge < -0.3 is 10.6 Å². The van der Waals surface area contributed by atoms with Crippen molar-refractivity contribution in [3.05, 3.63) is 70.8 Å². The average molecular weight is 377 g/mol. The summed E-state index contributed by atoms with van der Waals surface area (Å²) in [5, 5.41) is 4.35. The molecule has 1 aliphatic heterocycles. The van der Waals surface area contributed by atoms with E-state index in [1.54, 1.807) is 30.3 Å². The highest BCUT2D eigenvalue weighted by atomic mass is 35.5. The van der Waals surface area contributed by atoms with Crippen molar-refractivity contribution >= 4 is 29.4 Å². The van der Waals surface area contributed by atoms with Crippen LogP contribution in [0.15, 0.2) is 54.6 Å². The SMILES string of the molecule is O=C1Nc2ccc(Cl)cc2C(C#C/C=C/c2ccccc2)(C(F)(F)F)N1. The second-order valence-electron chi connectivity index (χ2n) is 5.53. The molecule has 0 aromatic heterocycles. The van der Waals surface area contributed by atoms with E-state index in [0.717, 1.165) is 11.6 Å². The van der Waals surface area contributed by atoms with E-state index < -0.39 is 17.7 Å². The van der Waals surface area contributed by atoms with Crippen molar-refractivity contribution in [3.8, 4) is 11.8 Å². The standard InChI is InChI=1S/C19H12ClF3N2O/c20-14-9-10-16-15(12-14)18(19(21,22)23,25-17(26)24-16)11-5-4-8-13-6-2-1-3-7-13/h1-4,6-10,12H,(H2,24,25,26)/b8-4+. The van der Waals surface area contributed by atoms with E-state index in [9.17, 15) is 18.0 Å². The number of rotatable bonds is 1. The van der Waals surface area contributed by atoms with Gasteiger partial charge in [-0.2, -0.15) is 13.2 Å². The van der Waals surface area contributed by atoms with Crippen molar-refractivity contribution in [2.45, 2.75) is 11.7 Å². The molecule has 0 radical (unpaired) electrons. The molecule has 1 unspecified atom stereocenters. The van der Waals surface area contributed by atoms with Gasteiger partial charge >= 0.3 is 12.2 Å². The van der Waals surface area contributed by atoms with E-state index in [1.807, 2.05) is 11.4 Å². The summed E-state index contributed by atoms with van der Waals surface area (Å²) in [4.78, 5) is 11.8. The van der Waals surface area contributed by atoms with Crippen LogP contribution in [0.2, 0.25) is 5.02 Å². The maximum absolute atomic E-state index is 13.9. The molecule has 2 amide bonds. The molecule has 0 saturated heterocycles. The number of allylic oxidation sites excluding steroid dienone is 1. The van der Waals surface area contributed by atoms with Crippen LogP contribution >= 0.6 is 11.6 Å². The van der Waals surface area contributed by atoms with Crippen LogP contribution in [0.1, 0.15) is 11.1 Å². The zero-order valence-corrected chi connectivity index (χ0v) is 13.9. The topological polar surface area (TPSA) is 41.1 Å². The molecule has 0 saturated carbocycles. The van der Waals surface area contributed by atoms with E-state index in [1.165, 1.54) is 18.2 Å². The van der Waals surface area contributed by atoms with Gasteiger partial charge in [0.1, 0.15) is 0 Å². The van der Waals surface area contributed by atoms with Crippen LogP contribution in [0.25, 0.3) is 6.08 Å². The minimum absolute atomic E-state index is 0.0109. The maximum Gasteiger partial charge on any atom is 0.427 e. The molecular formula is C19H12ClF3N2O. The Kier molecular flexibility index (Phi) is 4.66. The number of urea groups is 1. The largest absolute Gasteiger partial charge is 0.427 e. The molecule has 0 fully saturated rings. The van der Waals surface area contributed by atoms with E-state index in [0.29, 0.717) is 0 Å². The van der Waals surface area contributed by atoms with Crippen molar-refractivity contribution in [1.29, 1.82) is 0 Å². The molecule has 2 aromatic carbocycles. The number of alkyl halides is 3. The lowest BCUT2D eigenvalue weighted by Gasteiger charge is -2.37. The zero-order chi connectivity index (χ0) is 18.8. The third kappa shape index (κ3) is 3.39. The first-order valence-corrected chi connectivity index (χ1v) is 7.90. The Labute approximate surface area is 152 Å². The number of anilines is 1. The van der Waals surface area contributed by atoms with Gasteiger partial charge in [0.25, 0.3) is 0 Å². The summed E-state index contributed by atoms with van der Waals surface area (Å²) >= 11 is 5.86. The van der Waals surface area contributed by atoms with Crippen LogP contribution in [-0.2, 0) is 5.54 Å². The number of carbonyl (C=O) groups is 1. The summed E-state index contributed by atoms with van der Waals surface area (Å²) in [7, 11) is 0. The summed E-state index contributed by atoms with van der Waals surface area (Å²) in [5.74, 6) is 4.56. The minimum atomic E-state index is -4.85. The summed E-state index contributed by atoms with van der Waals surface area (Å²) in [6.45, 7) is 0. The number of nitrogens with one attached hydrogen (secondary N) is 2. The van der Waals surface area contributed by atoms with Crippen LogP contribution in [-0.4, -0.2) is 12.2 Å². The molecule has 3 nitrogen and oxygen atoms in total. The second-order valence-corrected chi connectivity index (χ2v) is 5.97. The van der Waals surface area contributed by atoms with E-state index >= 15 is 0 Å². The first-order chi connectivity index (χ1) is 12.3. The number of carbonyl (C=O) groups excluding carboxylic acids is 1. The molecule has 7 heteroatoms. The molecule has 26 heavy (non-hydrogen) atoms. The molecule has 132 valence electrons. The lowest BCUT2D eigenvalue weighted by Crippen LogP contribution is -2.59. The van der Waals surface area contributed by atoms with Gasteiger partial charge in [-0.15, -0.1) is 0 Å². The normalized spacial score (nSPS) is 19.2. The number of halogens is 4. The third-order valence-corrected chi connectivity index (χ3v) is 4.01. The maximum atomic E-state index is 13.9. The third-order valence-electron chi connectivity index (χ3n) is 3.78. The van der Waals surface area contributed by atoms with Crippen molar-refractivity contribution < 1.29 is 18.0 Å². The van der Waals surface area contributed by atoms with E-state index in [4.69, 9.17) is 11.6 Å². The fourth-order valence-corrected chi connectivity index (χ4v) is 2.74. The van der Waals surface area contributed by atoms with Crippen molar-refractivity contribution in [1.82, 2.24) is 5.32 Å². The molecular weight excluding hydrogens is 365 g/mol. The Morgan fingerprint density at radius 1 is 1.12 bits per heavy atom. The summed E-state index contributed by atoms with van der Waals surface area (Å²) in [6.07, 6.45) is -1.96. The first-order valence-electron chi connectivity index (χ1n) is 7.52. The molecule has 1 aliphatic rings. The Hall–Kier alpha value is -2.91. The highest BCUT2D eigenvalue weighted by molar-refractivity contribution is 6.30. The van der Waals surface area contributed by atoms with Crippen LogP contribution in [0, 0.1) is 11.8 Å². The Morgan fingerprint density at radius 3 is 2.54 bits per heavy atom. The van der Waals surface area contributed by atoms with Crippen molar-refractivity contribution in [2.75, 3.05) is 5.32 Å². The van der Waals surface area contributed by atoms with Gasteiger partial charge in [-0.05, 0) is 35.9 Å². The van der Waals surface area contributed by atoms with Gasteiger partial charge in [0.2, 0.25) is 5.54 Å². The number of hydrogen-bond donors (Lipinski definition) is 2. The molecule has 0 aliphatic carbocycles. The molecule has 0 spiro atoms. The molecule has 1 heterocycles. The minimum Gasteiger partial charge on any atom is -0.310 e. The van der Waals surface area contributed by atoms with Gasteiger partial charge in [0, 0.05) is 16.3 Å². The number of hydrogen-bond acceptors (Lipinski definition) is 1. The predicted octanol–water partition coefficient (Wildman–Crippen LogP) is 4.95. The highest BCUT2D eigenvalue weighted by Gasteiger charge is 2.59. The molecule has 0 bridgehead atoms. The summed E-state index contributed by atoms with van der Waals surface area (Å²) in [5.41, 5.74) is -2.30.